The van der Waals surface area contributed by atoms with Crippen molar-refractivity contribution in [2.24, 2.45) is 13.0 Å². The summed E-state index contributed by atoms with van der Waals surface area (Å²) in [5, 5.41) is 7.26. The highest BCUT2D eigenvalue weighted by atomic mass is 16.2. The van der Waals surface area contributed by atoms with Crippen molar-refractivity contribution in [3.63, 3.8) is 0 Å². The first kappa shape index (κ1) is 17.5. The first-order valence-electron chi connectivity index (χ1n) is 9.93. The average molecular weight is 359 g/mol. The quantitative estimate of drug-likeness (QED) is 0.871. The summed E-state index contributed by atoms with van der Waals surface area (Å²) in [4.78, 5) is 29.4. The van der Waals surface area contributed by atoms with Crippen LogP contribution in [0.25, 0.3) is 0 Å². The van der Waals surface area contributed by atoms with Gasteiger partial charge in [-0.15, -0.1) is 0 Å². The van der Waals surface area contributed by atoms with E-state index < -0.39 is 0 Å². The molecule has 2 aliphatic heterocycles. The van der Waals surface area contributed by atoms with Crippen molar-refractivity contribution in [3.8, 4) is 0 Å². The van der Waals surface area contributed by atoms with Gasteiger partial charge in [-0.3, -0.25) is 19.2 Å². The summed E-state index contributed by atoms with van der Waals surface area (Å²) in [5.41, 5.74) is 0.651. The van der Waals surface area contributed by atoms with Crippen LogP contribution in [0.2, 0.25) is 0 Å². The normalized spacial score (nSPS) is 25.3. The van der Waals surface area contributed by atoms with Crippen molar-refractivity contribution in [1.82, 2.24) is 24.9 Å². The first-order valence-corrected chi connectivity index (χ1v) is 9.93. The maximum absolute atomic E-state index is 12.6. The molecule has 1 aliphatic carbocycles. The molecule has 3 aliphatic rings. The van der Waals surface area contributed by atoms with Crippen molar-refractivity contribution in [2.75, 3.05) is 26.2 Å². The molecule has 1 N–H and O–H groups in total. The number of rotatable bonds is 4. The molecule has 0 bridgehead atoms. The van der Waals surface area contributed by atoms with E-state index >= 15 is 0 Å². The van der Waals surface area contributed by atoms with Crippen LogP contribution in [0.4, 0.5) is 0 Å². The first-order chi connectivity index (χ1) is 12.6. The second-order valence-corrected chi connectivity index (χ2v) is 7.98. The van der Waals surface area contributed by atoms with E-state index in [2.05, 4.69) is 15.3 Å². The van der Waals surface area contributed by atoms with Gasteiger partial charge in [0.15, 0.2) is 0 Å². The van der Waals surface area contributed by atoms with Crippen LogP contribution in [0.5, 0.6) is 0 Å². The second-order valence-electron chi connectivity index (χ2n) is 7.98. The van der Waals surface area contributed by atoms with E-state index in [0.717, 1.165) is 64.7 Å². The minimum atomic E-state index is 0.0729. The Kier molecular flexibility index (Phi) is 4.98. The molecule has 2 saturated heterocycles. The molecular formula is C19H29N5O2. The maximum Gasteiger partial charge on any atom is 0.272 e. The van der Waals surface area contributed by atoms with Gasteiger partial charge in [0, 0.05) is 45.0 Å². The third-order valence-electron chi connectivity index (χ3n) is 6.06. The van der Waals surface area contributed by atoms with Gasteiger partial charge in [-0.05, 0) is 51.1 Å². The molecule has 26 heavy (non-hydrogen) atoms. The van der Waals surface area contributed by atoms with Crippen LogP contribution in [0.3, 0.4) is 0 Å². The molecule has 4 rings (SSSR count). The zero-order chi connectivity index (χ0) is 18.1. The SMILES string of the molecule is Cn1nccc1C(=O)N1CCC(N2CCC[C@H](C(=O)NC3CC3)C2)CC1. The molecule has 2 amide bonds. The summed E-state index contributed by atoms with van der Waals surface area (Å²) < 4.78 is 1.64. The molecule has 3 heterocycles. The van der Waals surface area contributed by atoms with Gasteiger partial charge in [0.2, 0.25) is 5.91 Å². The second kappa shape index (κ2) is 7.39. The van der Waals surface area contributed by atoms with Gasteiger partial charge in [-0.2, -0.15) is 5.10 Å². The number of nitrogens with zero attached hydrogens (tertiary/aromatic N) is 4. The summed E-state index contributed by atoms with van der Waals surface area (Å²) >= 11 is 0. The minimum Gasteiger partial charge on any atom is -0.353 e. The Labute approximate surface area is 154 Å². The zero-order valence-electron chi connectivity index (χ0n) is 15.6. The third-order valence-corrected chi connectivity index (χ3v) is 6.06. The van der Waals surface area contributed by atoms with Crippen molar-refractivity contribution in [2.45, 2.75) is 50.6 Å². The minimum absolute atomic E-state index is 0.0729. The summed E-state index contributed by atoms with van der Waals surface area (Å²) in [5.74, 6) is 0.461. The van der Waals surface area contributed by atoms with Gasteiger partial charge in [0.25, 0.3) is 5.91 Å². The Morgan fingerprint density at radius 2 is 1.88 bits per heavy atom. The molecule has 7 heteroatoms. The monoisotopic (exact) mass is 359 g/mol. The lowest BCUT2D eigenvalue weighted by molar-refractivity contribution is -0.127. The topological polar surface area (TPSA) is 70.5 Å². The highest BCUT2D eigenvalue weighted by Crippen LogP contribution is 2.26. The van der Waals surface area contributed by atoms with Crippen LogP contribution < -0.4 is 5.32 Å². The lowest BCUT2D eigenvalue weighted by atomic mass is 9.93. The largest absolute Gasteiger partial charge is 0.353 e. The van der Waals surface area contributed by atoms with Gasteiger partial charge in [0.1, 0.15) is 5.69 Å². The fourth-order valence-electron chi connectivity index (χ4n) is 4.28. The Morgan fingerprint density at radius 3 is 2.54 bits per heavy atom. The van der Waals surface area contributed by atoms with Crippen molar-refractivity contribution < 1.29 is 9.59 Å². The summed E-state index contributed by atoms with van der Waals surface area (Å²) in [6, 6.07) is 2.71. The number of hydrogen-bond donors (Lipinski definition) is 1. The van der Waals surface area contributed by atoms with E-state index in [-0.39, 0.29) is 17.7 Å². The van der Waals surface area contributed by atoms with Crippen LogP contribution in [0.15, 0.2) is 12.3 Å². The molecule has 1 saturated carbocycles. The lowest BCUT2D eigenvalue weighted by Crippen LogP contribution is -2.51. The number of carbonyl (C=O) groups is 2. The summed E-state index contributed by atoms with van der Waals surface area (Å²) in [6.07, 6.45) is 8.03. The molecule has 3 fully saturated rings. The molecule has 0 aromatic carbocycles. The number of aryl methyl sites for hydroxylation is 1. The van der Waals surface area contributed by atoms with E-state index in [0.29, 0.717) is 17.8 Å². The van der Waals surface area contributed by atoms with Crippen LogP contribution in [0.1, 0.15) is 49.0 Å². The Balaban J connectivity index is 1.29. The average Bonchev–Trinajstić information content (AvgIpc) is 3.39. The number of piperidine rings is 2. The van der Waals surface area contributed by atoms with Crippen LogP contribution in [-0.4, -0.2) is 69.7 Å². The van der Waals surface area contributed by atoms with Gasteiger partial charge in [0.05, 0.1) is 5.92 Å². The summed E-state index contributed by atoms with van der Waals surface area (Å²) in [6.45, 7) is 3.51. The van der Waals surface area contributed by atoms with Crippen molar-refractivity contribution in [3.05, 3.63) is 18.0 Å². The standard InChI is InChI=1S/C19H29N5O2/c1-22-17(6-9-20-22)19(26)23-11-7-16(8-12-23)24-10-2-3-14(13-24)18(25)21-15-4-5-15/h6,9,14-16H,2-5,7-8,10-13H2,1H3,(H,21,25)/t14-/m0/s1. The Hall–Kier alpha value is -1.89. The Bertz CT molecular complexity index is 661. The molecule has 7 nitrogen and oxygen atoms in total. The molecule has 0 unspecified atom stereocenters. The number of carbonyl (C=O) groups excluding carboxylic acids is 2. The van der Waals surface area contributed by atoms with Gasteiger partial charge < -0.3 is 10.2 Å². The van der Waals surface area contributed by atoms with Crippen LogP contribution >= 0.6 is 0 Å². The number of amides is 2. The molecule has 0 radical (unpaired) electrons. The van der Waals surface area contributed by atoms with E-state index in [4.69, 9.17) is 0 Å². The van der Waals surface area contributed by atoms with Crippen LogP contribution in [0, 0.1) is 5.92 Å². The predicted molar refractivity (Wildman–Crippen MR) is 97.6 cm³/mol. The summed E-state index contributed by atoms with van der Waals surface area (Å²) in [7, 11) is 1.81. The fraction of sp³-hybridized carbons (Fsp3) is 0.737. The van der Waals surface area contributed by atoms with Gasteiger partial charge in [-0.1, -0.05) is 0 Å². The lowest BCUT2D eigenvalue weighted by Gasteiger charge is -2.42. The zero-order valence-corrected chi connectivity index (χ0v) is 15.6. The van der Waals surface area contributed by atoms with Crippen LogP contribution in [-0.2, 0) is 11.8 Å². The van der Waals surface area contributed by atoms with E-state index in [1.165, 1.54) is 0 Å². The predicted octanol–water partition coefficient (Wildman–Crippen LogP) is 1.02. The smallest absolute Gasteiger partial charge is 0.272 e. The van der Waals surface area contributed by atoms with Crippen molar-refractivity contribution >= 4 is 11.8 Å². The Morgan fingerprint density at radius 1 is 1.12 bits per heavy atom. The number of aromatic nitrogens is 2. The van der Waals surface area contributed by atoms with Crippen molar-refractivity contribution in [1.29, 1.82) is 0 Å². The van der Waals surface area contributed by atoms with E-state index in [1.807, 2.05) is 4.90 Å². The number of nitrogens with one attached hydrogen (secondary N) is 1. The van der Waals surface area contributed by atoms with Gasteiger partial charge >= 0.3 is 0 Å². The van der Waals surface area contributed by atoms with E-state index in [1.54, 1.807) is 24.0 Å². The molecule has 1 atom stereocenters. The van der Waals surface area contributed by atoms with E-state index in [9.17, 15) is 9.59 Å². The third kappa shape index (κ3) is 3.77. The molecule has 1 aromatic heterocycles. The maximum atomic E-state index is 12.6. The van der Waals surface area contributed by atoms with Gasteiger partial charge in [-0.25, -0.2) is 0 Å². The molecule has 0 spiro atoms. The molecule has 1 aromatic rings. The fourth-order valence-corrected chi connectivity index (χ4v) is 4.28. The highest BCUT2D eigenvalue weighted by Gasteiger charge is 2.34. The number of hydrogen-bond acceptors (Lipinski definition) is 4. The molecular weight excluding hydrogens is 330 g/mol. The molecule has 142 valence electrons. The number of likely N-dealkylation sites (tertiary alicyclic amines) is 2. The highest BCUT2D eigenvalue weighted by molar-refractivity contribution is 5.92.